The van der Waals surface area contributed by atoms with Gasteiger partial charge in [0.2, 0.25) is 11.8 Å². The molecule has 2 unspecified atom stereocenters. The van der Waals surface area contributed by atoms with Crippen molar-refractivity contribution in [1.82, 2.24) is 15.1 Å². The van der Waals surface area contributed by atoms with Gasteiger partial charge in [-0.15, -0.1) is 24.8 Å². The number of amides is 2. The van der Waals surface area contributed by atoms with Crippen LogP contribution in [0, 0.1) is 17.8 Å². The molecule has 1 heterocycles. The number of nitrogens with zero attached hydrogens (tertiary/aromatic N) is 2. The van der Waals surface area contributed by atoms with Gasteiger partial charge in [0.25, 0.3) is 0 Å². The third kappa shape index (κ3) is 6.21. The predicted octanol–water partition coefficient (Wildman–Crippen LogP) is 1.65. The van der Waals surface area contributed by atoms with Crippen molar-refractivity contribution in [2.75, 3.05) is 32.7 Å². The summed E-state index contributed by atoms with van der Waals surface area (Å²) in [7, 11) is 0. The summed E-state index contributed by atoms with van der Waals surface area (Å²) in [6.07, 6.45) is 5.63. The first-order valence-corrected chi connectivity index (χ1v) is 10.00. The average Bonchev–Trinajstić information content (AvgIpc) is 2.54. The molecule has 3 rings (SSSR count). The maximum Gasteiger partial charge on any atom is 0.234 e. The normalized spacial score (nSPS) is 30.9. The first kappa shape index (κ1) is 24.5. The standard InChI is InChI=1S/C19H34N4O2.2ClH/c1-13(2)21-17(24)12-22-6-8-23(9-7-22)19(25)16-10-14-4-3-5-15(11-16)18(14)20;;/h13-16,18H,3-12,20H2,1-2H3,(H,21,24);2*1H. The minimum Gasteiger partial charge on any atom is -0.353 e. The first-order chi connectivity index (χ1) is 11.9. The van der Waals surface area contributed by atoms with Crippen LogP contribution in [-0.4, -0.2) is 66.4 Å². The van der Waals surface area contributed by atoms with Gasteiger partial charge in [0.15, 0.2) is 0 Å². The highest BCUT2D eigenvalue weighted by molar-refractivity contribution is 5.85. The average molecular weight is 423 g/mol. The van der Waals surface area contributed by atoms with Gasteiger partial charge in [-0.25, -0.2) is 0 Å². The Morgan fingerprint density at radius 1 is 1.04 bits per heavy atom. The molecule has 158 valence electrons. The van der Waals surface area contributed by atoms with E-state index < -0.39 is 0 Å². The number of halogens is 2. The zero-order valence-corrected chi connectivity index (χ0v) is 18.2. The smallest absolute Gasteiger partial charge is 0.234 e. The van der Waals surface area contributed by atoms with Crippen LogP contribution in [-0.2, 0) is 9.59 Å². The first-order valence-electron chi connectivity index (χ1n) is 10.00. The molecule has 0 aromatic heterocycles. The van der Waals surface area contributed by atoms with Gasteiger partial charge in [-0.2, -0.15) is 0 Å². The number of carbonyl (C=O) groups excluding carboxylic acids is 2. The number of fused-ring (bicyclic) bond motifs is 2. The van der Waals surface area contributed by atoms with Crippen LogP contribution < -0.4 is 11.1 Å². The molecule has 3 fully saturated rings. The van der Waals surface area contributed by atoms with Crippen molar-refractivity contribution in [1.29, 1.82) is 0 Å². The van der Waals surface area contributed by atoms with Gasteiger partial charge in [-0.05, 0) is 51.4 Å². The number of nitrogens with one attached hydrogen (secondary N) is 1. The molecule has 3 aliphatic rings. The molecule has 1 saturated heterocycles. The second kappa shape index (κ2) is 10.8. The van der Waals surface area contributed by atoms with Crippen molar-refractivity contribution in [3.8, 4) is 0 Å². The molecule has 27 heavy (non-hydrogen) atoms. The molecule has 0 aromatic carbocycles. The van der Waals surface area contributed by atoms with Crippen LogP contribution in [0.1, 0.15) is 46.0 Å². The molecule has 1 aliphatic heterocycles. The van der Waals surface area contributed by atoms with E-state index in [4.69, 9.17) is 5.73 Å². The zero-order valence-electron chi connectivity index (χ0n) is 16.6. The van der Waals surface area contributed by atoms with Crippen LogP contribution >= 0.6 is 24.8 Å². The summed E-state index contributed by atoms with van der Waals surface area (Å²) in [4.78, 5) is 29.0. The van der Waals surface area contributed by atoms with Crippen molar-refractivity contribution < 1.29 is 9.59 Å². The van der Waals surface area contributed by atoms with E-state index >= 15 is 0 Å². The molecule has 3 N–H and O–H groups in total. The lowest BCUT2D eigenvalue weighted by molar-refractivity contribution is -0.140. The molecule has 2 aliphatic carbocycles. The van der Waals surface area contributed by atoms with E-state index in [0.29, 0.717) is 30.3 Å². The Morgan fingerprint density at radius 3 is 2.11 bits per heavy atom. The van der Waals surface area contributed by atoms with E-state index in [1.807, 2.05) is 18.7 Å². The Hall–Kier alpha value is -0.560. The number of hydrogen-bond donors (Lipinski definition) is 2. The van der Waals surface area contributed by atoms with E-state index in [0.717, 1.165) is 39.0 Å². The van der Waals surface area contributed by atoms with Gasteiger partial charge in [0, 0.05) is 44.2 Å². The summed E-state index contributed by atoms with van der Waals surface area (Å²) in [5.41, 5.74) is 6.35. The molecule has 2 bridgehead atoms. The third-order valence-corrected chi connectivity index (χ3v) is 6.26. The van der Waals surface area contributed by atoms with E-state index in [9.17, 15) is 9.59 Å². The molecule has 0 aromatic rings. The monoisotopic (exact) mass is 422 g/mol. The molecule has 2 atom stereocenters. The van der Waals surface area contributed by atoms with E-state index in [1.54, 1.807) is 0 Å². The number of carbonyl (C=O) groups is 2. The van der Waals surface area contributed by atoms with Crippen LogP contribution in [0.2, 0.25) is 0 Å². The molecule has 2 saturated carbocycles. The topological polar surface area (TPSA) is 78.7 Å². The minimum atomic E-state index is 0. The van der Waals surface area contributed by atoms with Crippen molar-refractivity contribution in [2.24, 2.45) is 23.5 Å². The Balaban J connectivity index is 0.00000182. The van der Waals surface area contributed by atoms with Crippen LogP contribution in [0.4, 0.5) is 0 Å². The minimum absolute atomic E-state index is 0. The Bertz CT molecular complexity index is 484. The summed E-state index contributed by atoms with van der Waals surface area (Å²) >= 11 is 0. The lowest BCUT2D eigenvalue weighted by Gasteiger charge is -2.45. The summed E-state index contributed by atoms with van der Waals surface area (Å²) < 4.78 is 0. The SMILES string of the molecule is CC(C)NC(=O)CN1CCN(C(=O)C2CC3CCCC(C2)C3N)CC1.Cl.Cl. The van der Waals surface area contributed by atoms with E-state index in [1.165, 1.54) is 19.3 Å². The molecule has 6 nitrogen and oxygen atoms in total. The number of hydrogen-bond acceptors (Lipinski definition) is 4. The van der Waals surface area contributed by atoms with Crippen molar-refractivity contribution in [2.45, 2.75) is 58.0 Å². The maximum atomic E-state index is 13.0. The molecule has 0 spiro atoms. The fraction of sp³-hybridized carbons (Fsp3) is 0.895. The Labute approximate surface area is 175 Å². The highest BCUT2D eigenvalue weighted by atomic mass is 35.5. The molecular weight excluding hydrogens is 387 g/mol. The van der Waals surface area contributed by atoms with Crippen LogP contribution in [0.5, 0.6) is 0 Å². The van der Waals surface area contributed by atoms with Gasteiger partial charge in [0.1, 0.15) is 0 Å². The molecule has 2 amide bonds. The number of nitrogens with two attached hydrogens (primary N) is 1. The van der Waals surface area contributed by atoms with Crippen LogP contribution in [0.3, 0.4) is 0 Å². The van der Waals surface area contributed by atoms with E-state index in [2.05, 4.69) is 10.2 Å². The Kier molecular flexibility index (Phi) is 9.83. The summed E-state index contributed by atoms with van der Waals surface area (Å²) in [6.45, 7) is 7.44. The largest absolute Gasteiger partial charge is 0.353 e. The summed E-state index contributed by atoms with van der Waals surface area (Å²) in [5.74, 6) is 1.66. The van der Waals surface area contributed by atoms with Gasteiger partial charge < -0.3 is 16.0 Å². The quantitative estimate of drug-likeness (QED) is 0.721. The van der Waals surface area contributed by atoms with Crippen LogP contribution in [0.15, 0.2) is 0 Å². The Morgan fingerprint density at radius 2 is 1.59 bits per heavy atom. The second-order valence-electron chi connectivity index (χ2n) is 8.52. The van der Waals surface area contributed by atoms with Gasteiger partial charge in [-0.1, -0.05) is 6.42 Å². The summed E-state index contributed by atoms with van der Waals surface area (Å²) in [6, 6.07) is 0.488. The van der Waals surface area contributed by atoms with Crippen molar-refractivity contribution in [3.05, 3.63) is 0 Å². The highest BCUT2D eigenvalue weighted by Crippen LogP contribution is 2.42. The molecule has 8 heteroatoms. The summed E-state index contributed by atoms with van der Waals surface area (Å²) in [5, 5.41) is 2.93. The third-order valence-electron chi connectivity index (χ3n) is 6.26. The fourth-order valence-corrected chi connectivity index (χ4v) is 4.95. The maximum absolute atomic E-state index is 13.0. The van der Waals surface area contributed by atoms with E-state index in [-0.39, 0.29) is 42.7 Å². The van der Waals surface area contributed by atoms with Gasteiger partial charge >= 0.3 is 0 Å². The molecular formula is C19H36Cl2N4O2. The van der Waals surface area contributed by atoms with Crippen molar-refractivity contribution in [3.63, 3.8) is 0 Å². The highest BCUT2D eigenvalue weighted by Gasteiger charge is 2.41. The van der Waals surface area contributed by atoms with Gasteiger partial charge in [0.05, 0.1) is 6.54 Å². The van der Waals surface area contributed by atoms with Gasteiger partial charge in [-0.3, -0.25) is 14.5 Å². The molecule has 0 radical (unpaired) electrons. The fourth-order valence-electron chi connectivity index (χ4n) is 4.95. The zero-order chi connectivity index (χ0) is 18.0. The van der Waals surface area contributed by atoms with Crippen LogP contribution in [0.25, 0.3) is 0 Å². The lowest BCUT2D eigenvalue weighted by Crippen LogP contribution is -2.54. The number of piperazine rings is 1. The predicted molar refractivity (Wildman–Crippen MR) is 112 cm³/mol. The number of rotatable bonds is 4. The second-order valence-corrected chi connectivity index (χ2v) is 8.52. The lowest BCUT2D eigenvalue weighted by atomic mass is 9.65. The van der Waals surface area contributed by atoms with Crippen molar-refractivity contribution >= 4 is 36.6 Å².